The number of carboxylic acids is 1. The Morgan fingerprint density at radius 2 is 2.20 bits per heavy atom. The first-order valence-corrected chi connectivity index (χ1v) is 7.22. The molecule has 0 aliphatic rings. The Kier molecular flexibility index (Phi) is 5.94. The molecular formula is C16H16F3N3O3. The molecule has 25 heavy (non-hydrogen) atoms. The standard InChI is InChI=1S/C16H16F3N3O3/c17-16(18,19)13-3-1-2-11(8-13)12(9-22-7-6-21-10-22)4-5-14(25-20)15(23)24/h1-4,6-8,10,14H,5,9,20H2,(H,23,24). The van der Waals surface area contributed by atoms with Gasteiger partial charge in [0.2, 0.25) is 0 Å². The van der Waals surface area contributed by atoms with E-state index in [0.29, 0.717) is 11.1 Å². The predicted molar refractivity (Wildman–Crippen MR) is 83.0 cm³/mol. The van der Waals surface area contributed by atoms with Gasteiger partial charge in [-0.1, -0.05) is 18.2 Å². The van der Waals surface area contributed by atoms with Crippen molar-refractivity contribution in [1.82, 2.24) is 9.55 Å². The van der Waals surface area contributed by atoms with E-state index < -0.39 is 23.8 Å². The van der Waals surface area contributed by atoms with E-state index in [1.54, 1.807) is 10.8 Å². The Labute approximate surface area is 141 Å². The van der Waals surface area contributed by atoms with Gasteiger partial charge >= 0.3 is 12.1 Å². The second kappa shape index (κ2) is 7.95. The number of alkyl halides is 3. The quantitative estimate of drug-likeness (QED) is 0.746. The number of benzene rings is 1. The molecule has 0 bridgehead atoms. The minimum atomic E-state index is -4.47. The lowest BCUT2D eigenvalue weighted by atomic mass is 10.0. The lowest BCUT2D eigenvalue weighted by molar-refractivity contribution is -0.150. The lowest BCUT2D eigenvalue weighted by Crippen LogP contribution is -2.26. The third kappa shape index (κ3) is 5.16. The fraction of sp³-hybridized carbons (Fsp3) is 0.250. The van der Waals surface area contributed by atoms with Crippen LogP contribution >= 0.6 is 0 Å². The van der Waals surface area contributed by atoms with E-state index in [1.165, 1.54) is 30.7 Å². The smallest absolute Gasteiger partial charge is 0.416 e. The van der Waals surface area contributed by atoms with Crippen LogP contribution in [-0.4, -0.2) is 26.7 Å². The second-order valence-corrected chi connectivity index (χ2v) is 5.24. The summed E-state index contributed by atoms with van der Waals surface area (Å²) in [4.78, 5) is 19.2. The van der Waals surface area contributed by atoms with Gasteiger partial charge in [0.25, 0.3) is 0 Å². The van der Waals surface area contributed by atoms with E-state index in [0.717, 1.165) is 12.1 Å². The zero-order valence-corrected chi connectivity index (χ0v) is 13.0. The van der Waals surface area contributed by atoms with Gasteiger partial charge in [0.1, 0.15) is 0 Å². The molecule has 0 saturated carbocycles. The van der Waals surface area contributed by atoms with Crippen LogP contribution in [-0.2, 0) is 22.4 Å². The number of aromatic nitrogens is 2. The van der Waals surface area contributed by atoms with Gasteiger partial charge in [0.15, 0.2) is 6.10 Å². The fourth-order valence-corrected chi connectivity index (χ4v) is 2.21. The molecule has 6 nitrogen and oxygen atoms in total. The van der Waals surface area contributed by atoms with Crippen molar-refractivity contribution in [3.05, 3.63) is 60.2 Å². The van der Waals surface area contributed by atoms with Crippen molar-refractivity contribution >= 4 is 11.5 Å². The number of nitrogens with zero attached hydrogens (tertiary/aromatic N) is 2. The van der Waals surface area contributed by atoms with Crippen LogP contribution in [0.25, 0.3) is 5.57 Å². The van der Waals surface area contributed by atoms with Gasteiger partial charge in [-0.3, -0.25) is 4.84 Å². The van der Waals surface area contributed by atoms with Crippen LogP contribution in [0.3, 0.4) is 0 Å². The summed E-state index contributed by atoms with van der Waals surface area (Å²) in [6, 6.07) is 4.81. The minimum absolute atomic E-state index is 0.0912. The van der Waals surface area contributed by atoms with E-state index in [1.807, 2.05) is 0 Å². The first-order chi connectivity index (χ1) is 11.8. The number of aliphatic carboxylic acids is 1. The zero-order chi connectivity index (χ0) is 18.4. The normalized spacial score (nSPS) is 13.7. The first-order valence-electron chi connectivity index (χ1n) is 7.22. The predicted octanol–water partition coefficient (Wildman–Crippen LogP) is 2.72. The van der Waals surface area contributed by atoms with Crippen molar-refractivity contribution in [2.24, 2.45) is 5.90 Å². The fourth-order valence-electron chi connectivity index (χ4n) is 2.21. The van der Waals surface area contributed by atoms with Crippen LogP contribution in [0.1, 0.15) is 17.5 Å². The molecule has 9 heteroatoms. The van der Waals surface area contributed by atoms with Gasteiger partial charge in [-0.15, -0.1) is 0 Å². The van der Waals surface area contributed by atoms with Crippen molar-refractivity contribution < 1.29 is 27.9 Å². The molecule has 0 spiro atoms. The Morgan fingerprint density at radius 1 is 1.44 bits per heavy atom. The molecule has 1 aromatic heterocycles. The maximum Gasteiger partial charge on any atom is 0.416 e. The van der Waals surface area contributed by atoms with Crippen LogP contribution in [0.15, 0.2) is 49.1 Å². The number of carbonyl (C=O) groups is 1. The van der Waals surface area contributed by atoms with Crippen LogP contribution in [0, 0.1) is 0 Å². The SMILES string of the molecule is NOC(CC=C(Cn1ccnc1)c1cccc(C(F)(F)F)c1)C(=O)O. The Hall–Kier alpha value is -2.65. The van der Waals surface area contributed by atoms with Crippen molar-refractivity contribution in [1.29, 1.82) is 0 Å². The van der Waals surface area contributed by atoms with Crippen molar-refractivity contribution in [3.63, 3.8) is 0 Å². The number of nitrogens with two attached hydrogens (primary N) is 1. The highest BCUT2D eigenvalue weighted by Gasteiger charge is 2.30. The number of halogens is 3. The topological polar surface area (TPSA) is 90.4 Å². The van der Waals surface area contributed by atoms with E-state index >= 15 is 0 Å². The molecule has 0 radical (unpaired) electrons. The van der Waals surface area contributed by atoms with Gasteiger partial charge in [-0.2, -0.15) is 13.2 Å². The highest BCUT2D eigenvalue weighted by molar-refractivity contribution is 5.73. The van der Waals surface area contributed by atoms with Crippen LogP contribution in [0.5, 0.6) is 0 Å². The number of rotatable bonds is 7. The highest BCUT2D eigenvalue weighted by Crippen LogP contribution is 2.31. The average molecular weight is 355 g/mol. The molecular weight excluding hydrogens is 339 g/mol. The molecule has 134 valence electrons. The Bertz CT molecular complexity index is 743. The Morgan fingerprint density at radius 3 is 2.76 bits per heavy atom. The molecule has 3 N–H and O–H groups in total. The summed E-state index contributed by atoms with van der Waals surface area (Å²) < 4.78 is 40.5. The van der Waals surface area contributed by atoms with Crippen molar-refractivity contribution in [2.45, 2.75) is 25.2 Å². The molecule has 1 heterocycles. The van der Waals surface area contributed by atoms with E-state index in [4.69, 9.17) is 11.0 Å². The number of carboxylic acid groups (broad SMARTS) is 1. The number of hydrogen-bond donors (Lipinski definition) is 2. The maximum atomic E-state index is 12.9. The first kappa shape index (κ1) is 18.7. The Balaban J connectivity index is 2.35. The second-order valence-electron chi connectivity index (χ2n) is 5.24. The molecule has 1 unspecified atom stereocenters. The number of hydrogen-bond acceptors (Lipinski definition) is 4. The van der Waals surface area contributed by atoms with Gasteiger partial charge in [-0.05, 0) is 23.3 Å². The molecule has 0 aliphatic carbocycles. The monoisotopic (exact) mass is 355 g/mol. The molecule has 1 aromatic carbocycles. The van der Waals surface area contributed by atoms with Crippen LogP contribution < -0.4 is 5.90 Å². The summed E-state index contributed by atoms with van der Waals surface area (Å²) >= 11 is 0. The summed E-state index contributed by atoms with van der Waals surface area (Å²) in [5.74, 6) is 3.68. The average Bonchev–Trinajstić information content (AvgIpc) is 3.06. The molecule has 2 rings (SSSR count). The van der Waals surface area contributed by atoms with Crippen molar-refractivity contribution in [2.75, 3.05) is 0 Å². The summed E-state index contributed by atoms with van der Waals surface area (Å²) in [6.07, 6.45) is 0.342. The number of allylic oxidation sites excluding steroid dienone is 1. The molecule has 2 aromatic rings. The van der Waals surface area contributed by atoms with E-state index in [9.17, 15) is 18.0 Å². The summed E-state index contributed by atoms with van der Waals surface area (Å²) in [6.45, 7) is 0.220. The van der Waals surface area contributed by atoms with Gasteiger partial charge in [-0.25, -0.2) is 15.7 Å². The summed E-state index contributed by atoms with van der Waals surface area (Å²) in [5, 5.41) is 8.97. The molecule has 0 amide bonds. The zero-order valence-electron chi connectivity index (χ0n) is 13.0. The third-order valence-corrected chi connectivity index (χ3v) is 3.49. The molecule has 0 aliphatic heterocycles. The van der Waals surface area contributed by atoms with Gasteiger partial charge in [0.05, 0.1) is 11.9 Å². The minimum Gasteiger partial charge on any atom is -0.479 e. The maximum absolute atomic E-state index is 12.9. The lowest BCUT2D eigenvalue weighted by Gasteiger charge is -2.14. The van der Waals surface area contributed by atoms with E-state index in [2.05, 4.69) is 9.82 Å². The molecule has 1 atom stereocenters. The van der Waals surface area contributed by atoms with Crippen LogP contribution in [0.2, 0.25) is 0 Å². The summed E-state index contributed by atoms with van der Waals surface area (Å²) in [7, 11) is 0. The number of imidazole rings is 1. The molecule has 0 fully saturated rings. The highest BCUT2D eigenvalue weighted by atomic mass is 19.4. The molecule has 0 saturated heterocycles. The van der Waals surface area contributed by atoms with Crippen LogP contribution in [0.4, 0.5) is 13.2 Å². The van der Waals surface area contributed by atoms with Gasteiger partial charge < -0.3 is 9.67 Å². The summed E-state index contributed by atoms with van der Waals surface area (Å²) in [5.41, 5.74) is 0.0310. The van der Waals surface area contributed by atoms with Gasteiger partial charge in [0, 0.05) is 25.4 Å². The third-order valence-electron chi connectivity index (χ3n) is 3.49. The van der Waals surface area contributed by atoms with E-state index in [-0.39, 0.29) is 13.0 Å². The largest absolute Gasteiger partial charge is 0.479 e. The van der Waals surface area contributed by atoms with Crippen molar-refractivity contribution in [3.8, 4) is 0 Å².